The number of pyridine rings is 1. The largest absolute Gasteiger partial charge is 0.391 e. The average Bonchev–Trinajstić information content (AvgIpc) is 3.28. The highest BCUT2D eigenvalue weighted by molar-refractivity contribution is 7.97. The van der Waals surface area contributed by atoms with Gasteiger partial charge in [0.25, 0.3) is 0 Å². The van der Waals surface area contributed by atoms with Crippen LogP contribution >= 0.6 is 11.9 Å². The third-order valence-electron chi connectivity index (χ3n) is 7.26. The van der Waals surface area contributed by atoms with Crippen LogP contribution in [0.5, 0.6) is 0 Å². The van der Waals surface area contributed by atoms with Gasteiger partial charge in [-0.25, -0.2) is 4.72 Å². The van der Waals surface area contributed by atoms with Crippen LogP contribution in [0.1, 0.15) is 53.0 Å². The number of aryl methyl sites for hydroxylation is 3. The summed E-state index contributed by atoms with van der Waals surface area (Å²) in [4.78, 5) is 21.2. The first kappa shape index (κ1) is 27.1. The molecule has 1 aliphatic carbocycles. The number of fused-ring (bicyclic) bond motifs is 1. The molecule has 1 aromatic heterocycles. The lowest BCUT2D eigenvalue weighted by molar-refractivity contribution is -0.118. The summed E-state index contributed by atoms with van der Waals surface area (Å²) in [5.74, 6) is 0.0514. The van der Waals surface area contributed by atoms with Gasteiger partial charge in [0.2, 0.25) is 5.91 Å². The number of carbonyl (C=O) groups excluding carboxylic acids is 1. The van der Waals surface area contributed by atoms with Crippen molar-refractivity contribution in [1.29, 1.82) is 0 Å². The highest BCUT2D eigenvalue weighted by atomic mass is 32.2. The molecule has 0 bridgehead atoms. The van der Waals surface area contributed by atoms with Crippen LogP contribution < -0.4 is 9.62 Å². The Morgan fingerprint density at radius 2 is 1.79 bits per heavy atom. The summed E-state index contributed by atoms with van der Waals surface area (Å²) in [5, 5.41) is 10.9. The summed E-state index contributed by atoms with van der Waals surface area (Å²) in [6, 6.07) is 30.4. The lowest BCUT2D eigenvalue weighted by atomic mass is 10.1. The first-order chi connectivity index (χ1) is 19.0. The molecule has 1 unspecified atom stereocenters. The van der Waals surface area contributed by atoms with Crippen LogP contribution in [-0.4, -0.2) is 22.1 Å². The van der Waals surface area contributed by atoms with E-state index in [9.17, 15) is 9.90 Å². The van der Waals surface area contributed by atoms with Gasteiger partial charge in [0.05, 0.1) is 24.4 Å². The molecule has 0 fully saturated rings. The molecule has 0 saturated heterocycles. The third kappa shape index (κ3) is 6.77. The number of benzene rings is 3. The van der Waals surface area contributed by atoms with Crippen molar-refractivity contribution in [2.75, 3.05) is 4.90 Å². The van der Waals surface area contributed by atoms with Gasteiger partial charge in [0.15, 0.2) is 0 Å². The Kier molecular flexibility index (Phi) is 8.77. The van der Waals surface area contributed by atoms with Gasteiger partial charge >= 0.3 is 0 Å². The number of aromatic nitrogens is 1. The molecule has 1 amide bonds. The van der Waals surface area contributed by atoms with E-state index in [1.54, 1.807) is 0 Å². The molecule has 0 spiro atoms. The summed E-state index contributed by atoms with van der Waals surface area (Å²) in [6.07, 6.45) is 2.15. The topological polar surface area (TPSA) is 65.5 Å². The van der Waals surface area contributed by atoms with Crippen molar-refractivity contribution < 1.29 is 9.90 Å². The number of anilines is 1. The lowest BCUT2D eigenvalue weighted by Gasteiger charge is -2.25. The molecule has 0 saturated carbocycles. The fraction of sp³-hybridized carbons (Fsp3) is 0.273. The number of aliphatic hydroxyl groups excluding tert-OH is 1. The molecular weight excluding hydrogens is 502 g/mol. The standard InChI is InChI=1S/C33H35N3O2S/c1-3-24-12-17-29(18-13-24)39-35-33-30-21-28(16-15-26(30)20-31(33)37)36(22-27-11-7-8-23(2)34-27)32(38)19-14-25-9-5-4-6-10-25/h4-13,15-18,21,31,33,35,37H,3,14,19-20,22H2,1-2H3/t31-,33?/m1/s1. The van der Waals surface area contributed by atoms with E-state index >= 15 is 0 Å². The van der Waals surface area contributed by atoms with Crippen LogP contribution in [0.25, 0.3) is 0 Å². The molecule has 6 heteroatoms. The summed E-state index contributed by atoms with van der Waals surface area (Å²) in [7, 11) is 0. The van der Waals surface area contributed by atoms with Crippen LogP contribution in [0.4, 0.5) is 5.69 Å². The van der Waals surface area contributed by atoms with Crippen molar-refractivity contribution >= 4 is 23.5 Å². The van der Waals surface area contributed by atoms with Crippen LogP contribution in [0.3, 0.4) is 0 Å². The predicted octanol–water partition coefficient (Wildman–Crippen LogP) is 6.37. The fourth-order valence-electron chi connectivity index (χ4n) is 5.05. The van der Waals surface area contributed by atoms with E-state index in [-0.39, 0.29) is 11.9 Å². The molecule has 1 aliphatic rings. The molecule has 5 nitrogen and oxygen atoms in total. The molecule has 39 heavy (non-hydrogen) atoms. The first-order valence-electron chi connectivity index (χ1n) is 13.6. The number of hydrogen-bond acceptors (Lipinski definition) is 5. The zero-order valence-electron chi connectivity index (χ0n) is 22.5. The van der Waals surface area contributed by atoms with E-state index in [1.807, 2.05) is 54.3 Å². The SMILES string of the molecule is CCc1ccc(SNC2c3cc(N(Cc4cccc(C)n4)C(=O)CCc4ccccc4)ccc3C[C@H]2O)cc1. The van der Waals surface area contributed by atoms with Gasteiger partial charge in [-0.1, -0.05) is 61.5 Å². The Balaban J connectivity index is 1.38. The molecule has 2 atom stereocenters. The monoisotopic (exact) mass is 537 g/mol. The maximum Gasteiger partial charge on any atom is 0.227 e. The Hall–Kier alpha value is -3.45. The zero-order chi connectivity index (χ0) is 27.2. The van der Waals surface area contributed by atoms with Gasteiger partial charge < -0.3 is 10.0 Å². The van der Waals surface area contributed by atoms with E-state index in [1.165, 1.54) is 17.5 Å². The first-order valence-corrected chi connectivity index (χ1v) is 14.4. The minimum absolute atomic E-state index is 0.0514. The van der Waals surface area contributed by atoms with E-state index < -0.39 is 6.10 Å². The van der Waals surface area contributed by atoms with Gasteiger partial charge in [0.1, 0.15) is 0 Å². The molecule has 0 radical (unpaired) electrons. The van der Waals surface area contributed by atoms with E-state index in [0.717, 1.165) is 45.1 Å². The highest BCUT2D eigenvalue weighted by Gasteiger charge is 2.32. The molecule has 2 N–H and O–H groups in total. The number of amides is 1. The van der Waals surface area contributed by atoms with Crippen molar-refractivity contribution in [2.45, 2.75) is 63.1 Å². The number of nitrogens with zero attached hydrogens (tertiary/aromatic N) is 2. The maximum absolute atomic E-state index is 13.6. The molecule has 0 aliphatic heterocycles. The molecule has 1 heterocycles. The quantitative estimate of drug-likeness (QED) is 0.230. The molecule has 200 valence electrons. The molecule has 3 aromatic carbocycles. The molecular formula is C33H35N3O2S. The smallest absolute Gasteiger partial charge is 0.227 e. The molecule has 4 aromatic rings. The summed E-state index contributed by atoms with van der Waals surface area (Å²) in [6.45, 7) is 4.51. The molecule has 5 rings (SSSR count). The Bertz CT molecular complexity index is 1410. The number of carbonyl (C=O) groups is 1. The number of rotatable bonds is 10. The zero-order valence-corrected chi connectivity index (χ0v) is 23.3. The summed E-state index contributed by atoms with van der Waals surface area (Å²) in [5.41, 5.74) is 7.19. The van der Waals surface area contributed by atoms with Crippen LogP contribution in [0, 0.1) is 6.92 Å². The second kappa shape index (κ2) is 12.6. The minimum Gasteiger partial charge on any atom is -0.391 e. The Labute approximate surface area is 235 Å². The minimum atomic E-state index is -0.529. The number of aliphatic hydroxyl groups is 1. The van der Waals surface area contributed by atoms with Crippen molar-refractivity contribution in [3.8, 4) is 0 Å². The predicted molar refractivity (Wildman–Crippen MR) is 159 cm³/mol. The number of hydrogen-bond donors (Lipinski definition) is 2. The lowest BCUT2D eigenvalue weighted by Crippen LogP contribution is -2.31. The highest BCUT2D eigenvalue weighted by Crippen LogP contribution is 2.37. The fourth-order valence-corrected chi connectivity index (χ4v) is 5.87. The summed E-state index contributed by atoms with van der Waals surface area (Å²) >= 11 is 1.53. The van der Waals surface area contributed by atoms with E-state index in [4.69, 9.17) is 0 Å². The van der Waals surface area contributed by atoms with Crippen LogP contribution in [0.15, 0.2) is 95.9 Å². The second-order valence-corrected chi connectivity index (χ2v) is 11.0. The van der Waals surface area contributed by atoms with Crippen molar-refractivity contribution in [2.24, 2.45) is 0 Å². The Morgan fingerprint density at radius 1 is 1.00 bits per heavy atom. The van der Waals surface area contributed by atoms with Gasteiger partial charge in [-0.05, 0) is 90.4 Å². The normalized spacial score (nSPS) is 16.2. The maximum atomic E-state index is 13.6. The van der Waals surface area contributed by atoms with E-state index in [2.05, 4.69) is 65.2 Å². The number of nitrogens with one attached hydrogen (secondary N) is 1. The van der Waals surface area contributed by atoms with Crippen molar-refractivity contribution in [1.82, 2.24) is 9.71 Å². The van der Waals surface area contributed by atoms with Crippen molar-refractivity contribution in [3.63, 3.8) is 0 Å². The van der Waals surface area contributed by atoms with Gasteiger partial charge in [-0.3, -0.25) is 9.78 Å². The van der Waals surface area contributed by atoms with Gasteiger partial charge in [0, 0.05) is 29.1 Å². The van der Waals surface area contributed by atoms with Crippen LogP contribution in [-0.2, 0) is 30.6 Å². The summed E-state index contributed by atoms with van der Waals surface area (Å²) < 4.78 is 3.49. The average molecular weight is 538 g/mol. The van der Waals surface area contributed by atoms with Crippen LogP contribution in [0.2, 0.25) is 0 Å². The Morgan fingerprint density at radius 3 is 2.54 bits per heavy atom. The second-order valence-electron chi connectivity index (χ2n) is 10.1. The van der Waals surface area contributed by atoms with Crippen molar-refractivity contribution in [3.05, 3.63) is 125 Å². The third-order valence-corrected chi connectivity index (χ3v) is 8.14. The van der Waals surface area contributed by atoms with E-state index in [0.29, 0.717) is 25.8 Å². The van der Waals surface area contributed by atoms with Gasteiger partial charge in [-0.2, -0.15) is 0 Å². The van der Waals surface area contributed by atoms with Gasteiger partial charge in [-0.15, -0.1) is 0 Å².